The number of aryl methyl sites for hydroxylation is 1. The highest BCUT2D eigenvalue weighted by Crippen LogP contribution is 2.61. The monoisotopic (exact) mass is 754 g/mol. The van der Waals surface area contributed by atoms with E-state index in [1.807, 2.05) is 61.5 Å². The Bertz CT molecular complexity index is 2320. The van der Waals surface area contributed by atoms with Gasteiger partial charge in [0.05, 0.1) is 53.7 Å². The van der Waals surface area contributed by atoms with E-state index in [1.54, 1.807) is 30.3 Å². The van der Waals surface area contributed by atoms with Gasteiger partial charge >= 0.3 is 0 Å². The lowest BCUT2D eigenvalue weighted by Gasteiger charge is -2.49. The summed E-state index contributed by atoms with van der Waals surface area (Å²) in [7, 11) is 2.84. The van der Waals surface area contributed by atoms with E-state index in [-0.39, 0.29) is 41.5 Å². The number of amides is 4. The minimum atomic E-state index is -1.46. The number of imide groups is 2. The number of hydrogen-bond donors (Lipinski definition) is 2. The normalized spacial score (nSPS) is 25.5. The van der Waals surface area contributed by atoms with E-state index in [0.29, 0.717) is 16.8 Å². The van der Waals surface area contributed by atoms with E-state index in [4.69, 9.17) is 9.47 Å². The molecule has 2 heterocycles. The Morgan fingerprint density at radius 3 is 2.16 bits per heavy atom. The standard InChI is InChI=1S/C43H38N4O9/c1-24-9-12-27(13-10-24)44-46-40(50)34-23-32-30(18-19-31-37(32)41(51)45(39(31)49)28-14-16-29(17-15-28)47(53)54)33(43(34,42(46)52)26-7-5-4-6-8-26)20-11-25-21-35(55-2)38(48)36(22-25)56-3/h4-18,20-22,31-34,37,44,48H,19,23H2,1-3H3/t31-,32+,33-,34-,37-,43-/m0/s1. The first-order valence-corrected chi connectivity index (χ1v) is 18.2. The number of rotatable bonds is 9. The van der Waals surface area contributed by atoms with Crippen LogP contribution in [-0.2, 0) is 24.6 Å². The quantitative estimate of drug-likeness (QED) is 0.0849. The van der Waals surface area contributed by atoms with Gasteiger partial charge in [0.15, 0.2) is 11.5 Å². The maximum Gasteiger partial charge on any atom is 0.269 e. The molecule has 1 saturated carbocycles. The van der Waals surface area contributed by atoms with Crippen LogP contribution in [0.4, 0.5) is 17.1 Å². The summed E-state index contributed by atoms with van der Waals surface area (Å²) in [6.07, 6.45) is 5.90. The average molecular weight is 755 g/mol. The van der Waals surface area contributed by atoms with E-state index >= 15 is 4.79 Å². The molecule has 8 rings (SSSR count). The second-order valence-corrected chi connectivity index (χ2v) is 14.6. The molecule has 2 aliphatic carbocycles. The van der Waals surface area contributed by atoms with Crippen molar-refractivity contribution in [1.82, 2.24) is 5.01 Å². The number of ether oxygens (including phenoxy) is 2. The summed E-state index contributed by atoms with van der Waals surface area (Å²) >= 11 is 0. The number of nitrogens with one attached hydrogen (secondary N) is 1. The number of carbonyl (C=O) groups is 4. The number of non-ortho nitro benzene ring substituents is 1. The number of phenols is 1. The Labute approximate surface area is 321 Å². The molecule has 2 N–H and O–H groups in total. The van der Waals surface area contributed by atoms with Gasteiger partial charge in [-0.2, -0.15) is 5.01 Å². The zero-order valence-electron chi connectivity index (χ0n) is 30.7. The van der Waals surface area contributed by atoms with Crippen molar-refractivity contribution in [3.8, 4) is 17.2 Å². The number of hydrazine groups is 1. The SMILES string of the molecule is COc1cc(C=C[C@H]2C3=CC[C@@H]4C(=O)N(c5ccc([N+](=O)[O-])cc5)C(=O)[C@@H]4[C@@H]3C[C@H]3C(=O)N(Nc4ccc(C)cc4)C(=O)[C@@]23c2ccccc2)cc(OC)c1O. The number of aromatic hydroxyl groups is 1. The lowest BCUT2D eigenvalue weighted by Crippen LogP contribution is -2.54. The van der Waals surface area contributed by atoms with Crippen molar-refractivity contribution in [2.24, 2.45) is 29.6 Å². The predicted molar refractivity (Wildman–Crippen MR) is 205 cm³/mol. The second kappa shape index (κ2) is 13.8. The van der Waals surface area contributed by atoms with Crippen LogP contribution in [0.5, 0.6) is 17.2 Å². The van der Waals surface area contributed by atoms with E-state index in [2.05, 4.69) is 5.43 Å². The number of methoxy groups -OCH3 is 2. The Balaban J connectivity index is 1.28. The molecule has 0 radical (unpaired) electrons. The second-order valence-electron chi connectivity index (χ2n) is 14.6. The lowest BCUT2D eigenvalue weighted by molar-refractivity contribution is -0.384. The molecule has 0 bridgehead atoms. The molecule has 13 heteroatoms. The Morgan fingerprint density at radius 2 is 1.54 bits per heavy atom. The van der Waals surface area contributed by atoms with Crippen molar-refractivity contribution < 1.29 is 38.7 Å². The molecule has 3 fully saturated rings. The number of hydrogen-bond acceptors (Lipinski definition) is 10. The third-order valence-electron chi connectivity index (χ3n) is 11.8. The van der Waals surface area contributed by atoms with Crippen LogP contribution in [-0.4, -0.2) is 52.9 Å². The van der Waals surface area contributed by atoms with Crippen LogP contribution in [0.15, 0.2) is 109 Å². The van der Waals surface area contributed by atoms with Crippen molar-refractivity contribution in [1.29, 1.82) is 0 Å². The summed E-state index contributed by atoms with van der Waals surface area (Å²) in [6.45, 7) is 1.94. The van der Waals surface area contributed by atoms with Crippen LogP contribution in [0, 0.1) is 46.6 Å². The molecule has 2 saturated heterocycles. The molecular weight excluding hydrogens is 716 g/mol. The van der Waals surface area contributed by atoms with E-state index in [1.165, 1.54) is 38.5 Å². The first-order chi connectivity index (χ1) is 27.0. The molecule has 284 valence electrons. The summed E-state index contributed by atoms with van der Waals surface area (Å²) in [5.74, 6) is -5.57. The molecule has 0 aromatic heterocycles. The summed E-state index contributed by atoms with van der Waals surface area (Å²) in [4.78, 5) is 70.5. The fourth-order valence-corrected chi connectivity index (χ4v) is 9.19. The van der Waals surface area contributed by atoms with Gasteiger partial charge in [0.2, 0.25) is 17.6 Å². The number of phenolic OH excluding ortho intramolecular Hbond substituents is 1. The number of nitrogens with zero attached hydrogens (tertiary/aromatic N) is 3. The fourth-order valence-electron chi connectivity index (χ4n) is 9.19. The molecule has 13 nitrogen and oxygen atoms in total. The minimum Gasteiger partial charge on any atom is -0.502 e. The number of nitro groups is 1. The van der Waals surface area contributed by atoms with Gasteiger partial charge in [-0.25, -0.2) is 0 Å². The maximum absolute atomic E-state index is 15.3. The summed E-state index contributed by atoms with van der Waals surface area (Å²) < 4.78 is 10.8. The molecular formula is C43H38N4O9. The van der Waals surface area contributed by atoms with Gasteiger partial charge in [-0.05, 0) is 73.2 Å². The van der Waals surface area contributed by atoms with Crippen molar-refractivity contribution in [2.75, 3.05) is 24.5 Å². The Morgan fingerprint density at radius 1 is 0.875 bits per heavy atom. The fraction of sp³-hybridized carbons (Fsp3) is 0.256. The highest BCUT2D eigenvalue weighted by molar-refractivity contribution is 6.22. The number of nitro benzene ring substituents is 1. The molecule has 56 heavy (non-hydrogen) atoms. The van der Waals surface area contributed by atoms with Gasteiger partial charge in [-0.15, -0.1) is 0 Å². The molecule has 4 amide bonds. The van der Waals surface area contributed by atoms with Gasteiger partial charge in [0.25, 0.3) is 17.5 Å². The van der Waals surface area contributed by atoms with Gasteiger partial charge < -0.3 is 14.6 Å². The molecule has 2 aliphatic heterocycles. The van der Waals surface area contributed by atoms with Crippen molar-refractivity contribution >= 4 is 46.8 Å². The third kappa shape index (κ3) is 5.52. The van der Waals surface area contributed by atoms with Crippen LogP contribution in [0.2, 0.25) is 0 Å². The third-order valence-corrected chi connectivity index (χ3v) is 11.8. The number of anilines is 2. The van der Waals surface area contributed by atoms with Gasteiger partial charge in [-0.3, -0.25) is 39.6 Å². The first kappa shape index (κ1) is 36.2. The zero-order chi connectivity index (χ0) is 39.5. The van der Waals surface area contributed by atoms with Gasteiger partial charge in [-0.1, -0.05) is 71.8 Å². The molecule has 4 aliphatic rings. The van der Waals surface area contributed by atoms with Crippen LogP contribution in [0.1, 0.15) is 29.5 Å². The molecule has 0 spiro atoms. The zero-order valence-corrected chi connectivity index (χ0v) is 30.7. The summed E-state index contributed by atoms with van der Waals surface area (Å²) in [6, 6.07) is 25.0. The number of carbonyl (C=O) groups excluding carboxylic acids is 4. The van der Waals surface area contributed by atoms with Gasteiger partial charge in [0.1, 0.15) is 0 Å². The van der Waals surface area contributed by atoms with Crippen molar-refractivity contribution in [3.05, 3.63) is 136 Å². The van der Waals surface area contributed by atoms with Crippen LogP contribution in [0.3, 0.4) is 0 Å². The lowest BCUT2D eigenvalue weighted by atomic mass is 9.50. The topological polar surface area (TPSA) is 169 Å². The molecule has 4 aromatic carbocycles. The summed E-state index contributed by atoms with van der Waals surface area (Å²) in [5.41, 5.74) is 5.17. The van der Waals surface area contributed by atoms with E-state index in [0.717, 1.165) is 21.0 Å². The van der Waals surface area contributed by atoms with Crippen molar-refractivity contribution in [3.63, 3.8) is 0 Å². The highest BCUT2D eigenvalue weighted by Gasteiger charge is 2.69. The molecule has 6 atom stereocenters. The van der Waals surface area contributed by atoms with Crippen molar-refractivity contribution in [2.45, 2.75) is 25.2 Å². The number of allylic oxidation sites excluding steroid dienone is 3. The number of benzene rings is 4. The Kier molecular flexibility index (Phi) is 8.94. The average Bonchev–Trinajstić information content (AvgIpc) is 3.59. The predicted octanol–water partition coefficient (Wildman–Crippen LogP) is 6.36. The smallest absolute Gasteiger partial charge is 0.269 e. The summed E-state index contributed by atoms with van der Waals surface area (Å²) in [5, 5.41) is 23.1. The van der Waals surface area contributed by atoms with E-state index < -0.39 is 63.6 Å². The van der Waals surface area contributed by atoms with Crippen LogP contribution in [0.25, 0.3) is 6.08 Å². The minimum absolute atomic E-state index is 0.108. The van der Waals surface area contributed by atoms with Gasteiger partial charge in [0, 0.05) is 18.1 Å². The van der Waals surface area contributed by atoms with E-state index in [9.17, 15) is 29.6 Å². The maximum atomic E-state index is 15.3. The Hall–Kier alpha value is -6.76. The molecule has 0 unspecified atom stereocenters. The molecule has 4 aromatic rings. The van der Waals surface area contributed by atoms with Crippen LogP contribution >= 0.6 is 0 Å². The highest BCUT2D eigenvalue weighted by atomic mass is 16.6. The largest absolute Gasteiger partial charge is 0.502 e. The first-order valence-electron chi connectivity index (χ1n) is 18.2. The van der Waals surface area contributed by atoms with Crippen LogP contribution < -0.4 is 19.8 Å². The number of fused-ring (bicyclic) bond motifs is 4.